The van der Waals surface area contributed by atoms with Crippen molar-refractivity contribution in [2.75, 3.05) is 12.8 Å². The molecule has 4 heteroatoms. The first-order valence-corrected chi connectivity index (χ1v) is 6.75. The van der Waals surface area contributed by atoms with Gasteiger partial charge in [-0.3, -0.25) is 0 Å². The van der Waals surface area contributed by atoms with Gasteiger partial charge in [0.1, 0.15) is 6.61 Å². The van der Waals surface area contributed by atoms with Gasteiger partial charge in [0.15, 0.2) is 23.5 Å². The Morgan fingerprint density at radius 1 is 1.00 bits per heavy atom. The molecule has 0 saturated heterocycles. The molecule has 0 N–H and O–H groups in total. The van der Waals surface area contributed by atoms with Crippen LogP contribution < -0.4 is 0 Å². The molecule has 0 aliphatic carbocycles. The average molecular weight is 235 g/mol. The second kappa shape index (κ2) is 13.6. The summed E-state index contributed by atoms with van der Waals surface area (Å²) in [6, 6.07) is 0. The summed E-state index contributed by atoms with van der Waals surface area (Å²) in [5.74, 6) is 0. The Kier molecular flexibility index (Phi) is 16.5. The van der Waals surface area contributed by atoms with Crippen molar-refractivity contribution in [3.8, 4) is 0 Å². The highest BCUT2D eigenvalue weighted by Gasteiger charge is 2.11. The standard InChI is InChI=1S/C10H22O2P.Al.3H/c1-3-5-6-7-8-9-10-12-13(11)4-2;;;;/h3-10H2,1-2H3;;;;/q+1;;;;. The molecule has 84 valence electrons. The highest BCUT2D eigenvalue weighted by Crippen LogP contribution is 2.21. The van der Waals surface area contributed by atoms with E-state index < -0.39 is 8.03 Å². The van der Waals surface area contributed by atoms with E-state index in [0.717, 1.165) is 6.42 Å². The van der Waals surface area contributed by atoms with Crippen LogP contribution in [0, 0.1) is 0 Å². The monoisotopic (exact) mass is 235 g/mol. The second-order valence-corrected chi connectivity index (χ2v) is 4.81. The summed E-state index contributed by atoms with van der Waals surface area (Å²) < 4.78 is 16.0. The normalized spacial score (nSPS) is 10.9. The predicted molar refractivity (Wildman–Crippen MR) is 67.4 cm³/mol. The van der Waals surface area contributed by atoms with Gasteiger partial charge in [0.25, 0.3) is 0 Å². The molecule has 1 atom stereocenters. The Balaban J connectivity index is 0. The minimum atomic E-state index is -1.36. The van der Waals surface area contributed by atoms with Crippen LogP contribution in [0.25, 0.3) is 0 Å². The molecule has 0 heterocycles. The zero-order valence-corrected chi connectivity index (χ0v) is 9.81. The third kappa shape index (κ3) is 12.6. The van der Waals surface area contributed by atoms with Crippen LogP contribution in [-0.4, -0.2) is 30.1 Å². The van der Waals surface area contributed by atoms with Crippen molar-refractivity contribution in [1.82, 2.24) is 0 Å². The third-order valence-electron chi connectivity index (χ3n) is 1.99. The van der Waals surface area contributed by atoms with Crippen molar-refractivity contribution in [2.24, 2.45) is 0 Å². The van der Waals surface area contributed by atoms with Crippen LogP contribution in [0.15, 0.2) is 0 Å². The largest absolute Gasteiger partial charge is 0.507 e. The van der Waals surface area contributed by atoms with Crippen molar-refractivity contribution in [3.63, 3.8) is 0 Å². The van der Waals surface area contributed by atoms with Gasteiger partial charge in [-0.2, -0.15) is 0 Å². The molecule has 0 fully saturated rings. The van der Waals surface area contributed by atoms with Crippen molar-refractivity contribution in [2.45, 2.75) is 52.4 Å². The van der Waals surface area contributed by atoms with Crippen LogP contribution in [0.1, 0.15) is 52.4 Å². The minimum Gasteiger partial charge on any atom is -0.146 e. The first-order valence-electron chi connectivity index (χ1n) is 5.38. The minimum absolute atomic E-state index is 0. The maximum atomic E-state index is 10.9. The van der Waals surface area contributed by atoms with Crippen molar-refractivity contribution < 1.29 is 9.09 Å². The van der Waals surface area contributed by atoms with Gasteiger partial charge in [0.05, 0.1) is 0 Å². The predicted octanol–water partition coefficient (Wildman–Crippen LogP) is 2.94. The van der Waals surface area contributed by atoms with Crippen LogP contribution in [-0.2, 0) is 9.09 Å². The summed E-state index contributed by atoms with van der Waals surface area (Å²) in [6.07, 6.45) is 8.17. The molecule has 0 bridgehead atoms. The summed E-state index contributed by atoms with van der Waals surface area (Å²) in [7, 11) is -1.36. The quantitative estimate of drug-likeness (QED) is 0.349. The lowest BCUT2D eigenvalue weighted by molar-refractivity contribution is 0.316. The van der Waals surface area contributed by atoms with Gasteiger partial charge in [0.2, 0.25) is 0 Å². The summed E-state index contributed by atoms with van der Waals surface area (Å²) in [4.78, 5) is 0. The van der Waals surface area contributed by atoms with E-state index in [0.29, 0.717) is 12.8 Å². The molecule has 0 aromatic carbocycles. The molecule has 0 saturated carbocycles. The van der Waals surface area contributed by atoms with Gasteiger partial charge in [-0.15, -0.1) is 4.52 Å². The zero-order chi connectivity index (χ0) is 9.94. The highest BCUT2D eigenvalue weighted by atomic mass is 31.1. The van der Waals surface area contributed by atoms with Gasteiger partial charge in [-0.05, 0) is 17.9 Å². The van der Waals surface area contributed by atoms with E-state index in [2.05, 4.69) is 6.92 Å². The maximum absolute atomic E-state index is 10.9. The molecule has 0 rings (SSSR count). The molecule has 0 spiro atoms. The fourth-order valence-corrected chi connectivity index (χ4v) is 1.66. The molecule has 1 unspecified atom stereocenters. The molecule has 0 aromatic rings. The molecule has 0 aliphatic rings. The van der Waals surface area contributed by atoms with Gasteiger partial charge in [0, 0.05) is 0 Å². The van der Waals surface area contributed by atoms with E-state index in [1.165, 1.54) is 32.1 Å². The van der Waals surface area contributed by atoms with Crippen molar-refractivity contribution >= 4 is 25.4 Å². The SMILES string of the molecule is CCCCCCCCO[P+](=O)CC.[AlH3]. The molecule has 14 heavy (non-hydrogen) atoms. The number of rotatable bonds is 9. The fourth-order valence-electron chi connectivity index (χ4n) is 1.14. The average Bonchev–Trinajstić information content (AvgIpc) is 2.16. The highest BCUT2D eigenvalue weighted by molar-refractivity contribution is 7.39. The van der Waals surface area contributed by atoms with Crippen LogP contribution >= 0.6 is 8.03 Å². The van der Waals surface area contributed by atoms with Crippen molar-refractivity contribution in [1.29, 1.82) is 0 Å². The van der Waals surface area contributed by atoms with E-state index in [1.54, 1.807) is 0 Å². The van der Waals surface area contributed by atoms with E-state index in [4.69, 9.17) is 4.52 Å². The zero-order valence-electron chi connectivity index (χ0n) is 8.92. The summed E-state index contributed by atoms with van der Waals surface area (Å²) in [5.41, 5.74) is 0. The van der Waals surface area contributed by atoms with Crippen molar-refractivity contribution in [3.05, 3.63) is 0 Å². The van der Waals surface area contributed by atoms with Crippen LogP contribution in [0.4, 0.5) is 0 Å². The molecule has 0 aromatic heterocycles. The first-order chi connectivity index (χ1) is 6.31. The Morgan fingerprint density at radius 2 is 1.57 bits per heavy atom. The smallest absolute Gasteiger partial charge is 0.146 e. The number of hydrogen-bond acceptors (Lipinski definition) is 2. The van der Waals surface area contributed by atoms with Gasteiger partial charge in [-0.25, -0.2) is 0 Å². The van der Waals surface area contributed by atoms with E-state index >= 15 is 0 Å². The lowest BCUT2D eigenvalue weighted by Crippen LogP contribution is -1.88. The van der Waals surface area contributed by atoms with Gasteiger partial charge < -0.3 is 0 Å². The van der Waals surface area contributed by atoms with Crippen LogP contribution in [0.2, 0.25) is 0 Å². The van der Waals surface area contributed by atoms with Crippen LogP contribution in [0.3, 0.4) is 0 Å². The Labute approximate surface area is 99.8 Å². The topological polar surface area (TPSA) is 26.3 Å². The lowest BCUT2D eigenvalue weighted by Gasteiger charge is -1.96. The van der Waals surface area contributed by atoms with E-state index in [-0.39, 0.29) is 17.4 Å². The van der Waals surface area contributed by atoms with Gasteiger partial charge in [-0.1, -0.05) is 39.0 Å². The number of hydrogen-bond donors (Lipinski definition) is 0. The number of unbranched alkanes of at least 4 members (excludes halogenated alkanes) is 5. The third-order valence-corrected chi connectivity index (χ3v) is 2.98. The lowest BCUT2D eigenvalue weighted by atomic mass is 10.1. The molecule has 2 nitrogen and oxygen atoms in total. The Bertz CT molecular complexity index is 131. The summed E-state index contributed by atoms with van der Waals surface area (Å²) >= 11 is 0. The molecule has 0 aliphatic heterocycles. The van der Waals surface area contributed by atoms with E-state index in [1.807, 2.05) is 6.92 Å². The summed E-state index contributed by atoms with van der Waals surface area (Å²) in [6.45, 7) is 4.78. The first kappa shape index (κ1) is 17.0. The second-order valence-electron chi connectivity index (χ2n) is 3.25. The maximum Gasteiger partial charge on any atom is 0.507 e. The fraction of sp³-hybridized carbons (Fsp3) is 1.00. The Hall–Kier alpha value is 0.592. The molecular weight excluding hydrogens is 210 g/mol. The van der Waals surface area contributed by atoms with Gasteiger partial charge >= 0.3 is 8.03 Å². The Morgan fingerprint density at radius 3 is 2.14 bits per heavy atom. The molecule has 0 radical (unpaired) electrons. The molecule has 0 amide bonds. The molecular formula is C10H25AlO2P+. The van der Waals surface area contributed by atoms with E-state index in [9.17, 15) is 4.57 Å². The van der Waals surface area contributed by atoms with Crippen LogP contribution in [0.5, 0.6) is 0 Å². The summed E-state index contributed by atoms with van der Waals surface area (Å²) in [5, 5.41) is 0.